The van der Waals surface area contributed by atoms with E-state index in [-0.39, 0.29) is 5.91 Å². The summed E-state index contributed by atoms with van der Waals surface area (Å²) in [5.41, 5.74) is 10.6. The number of carbonyl (C=O) groups is 1. The van der Waals surface area contributed by atoms with Crippen LogP contribution in [0.3, 0.4) is 0 Å². The van der Waals surface area contributed by atoms with E-state index in [9.17, 15) is 4.79 Å². The predicted molar refractivity (Wildman–Crippen MR) is 94.2 cm³/mol. The topological polar surface area (TPSA) is 78.1 Å². The molecule has 0 saturated carbocycles. The number of carbonyl (C=O) groups excluding carboxylic acids is 1. The van der Waals surface area contributed by atoms with Gasteiger partial charge in [-0.25, -0.2) is 15.8 Å². The molecule has 0 radical (unpaired) electrons. The van der Waals surface area contributed by atoms with Crippen LogP contribution in [0.5, 0.6) is 0 Å². The van der Waals surface area contributed by atoms with Crippen LogP contribution < -0.4 is 21.7 Å². The van der Waals surface area contributed by atoms with Crippen LogP contribution in [0, 0.1) is 0 Å². The molecule has 23 heavy (non-hydrogen) atoms. The molecule has 1 amide bonds. The van der Waals surface area contributed by atoms with Crippen molar-refractivity contribution >= 4 is 29.0 Å². The van der Waals surface area contributed by atoms with Crippen molar-refractivity contribution in [3.05, 3.63) is 52.0 Å². The molecule has 4 N–H and O–H groups in total. The van der Waals surface area contributed by atoms with E-state index in [1.165, 1.54) is 16.9 Å². The van der Waals surface area contributed by atoms with Gasteiger partial charge < -0.3 is 5.32 Å². The normalized spacial score (nSPS) is 17.3. The van der Waals surface area contributed by atoms with Crippen LogP contribution >= 0.6 is 23.1 Å². The number of nitrogens with zero attached hydrogens (tertiary/aromatic N) is 1. The van der Waals surface area contributed by atoms with Crippen molar-refractivity contribution in [2.45, 2.75) is 11.8 Å². The molecule has 1 aromatic heterocycles. The van der Waals surface area contributed by atoms with E-state index in [1.54, 1.807) is 11.8 Å². The van der Waals surface area contributed by atoms with E-state index in [1.807, 2.05) is 23.6 Å². The third kappa shape index (κ3) is 5.02. The Morgan fingerprint density at radius 3 is 3.04 bits per heavy atom. The number of thioether (sulfide) groups is 1. The lowest BCUT2D eigenvalue weighted by Gasteiger charge is -2.08. The molecule has 1 fully saturated rings. The van der Waals surface area contributed by atoms with E-state index in [2.05, 4.69) is 38.8 Å². The lowest BCUT2D eigenvalue weighted by Crippen LogP contribution is -2.33. The molecule has 3 rings (SSSR count). The van der Waals surface area contributed by atoms with Crippen LogP contribution in [0.25, 0.3) is 0 Å². The minimum Gasteiger partial charge on any atom is -0.350 e. The molecule has 122 valence electrons. The molecular weight excluding hydrogens is 330 g/mol. The molecule has 0 bridgehead atoms. The first-order valence-corrected chi connectivity index (χ1v) is 9.35. The highest BCUT2D eigenvalue weighted by molar-refractivity contribution is 7.99. The van der Waals surface area contributed by atoms with Gasteiger partial charge in [0.25, 0.3) is 5.91 Å². The lowest BCUT2D eigenvalue weighted by atomic mass is 10.2. The van der Waals surface area contributed by atoms with Crippen molar-refractivity contribution in [2.24, 2.45) is 0 Å². The highest BCUT2D eigenvalue weighted by Crippen LogP contribution is 2.15. The number of aromatic nitrogens is 1. The van der Waals surface area contributed by atoms with Gasteiger partial charge in [-0.05, 0) is 5.56 Å². The zero-order valence-electron chi connectivity index (χ0n) is 12.5. The van der Waals surface area contributed by atoms with E-state index < -0.39 is 0 Å². The average Bonchev–Trinajstić information content (AvgIpc) is 3.24. The largest absolute Gasteiger partial charge is 0.350 e. The van der Waals surface area contributed by atoms with Crippen molar-refractivity contribution in [3.8, 4) is 0 Å². The summed E-state index contributed by atoms with van der Waals surface area (Å²) in [7, 11) is 0. The summed E-state index contributed by atoms with van der Waals surface area (Å²) in [4.78, 5) is 16.5. The Balaban J connectivity index is 1.42. The number of hydrazine groups is 2. The second-order valence-corrected chi connectivity index (χ2v) is 7.31. The molecule has 0 aliphatic carbocycles. The lowest BCUT2D eigenvalue weighted by molar-refractivity contribution is 0.0951. The van der Waals surface area contributed by atoms with Crippen molar-refractivity contribution in [1.29, 1.82) is 0 Å². The third-order valence-corrected chi connectivity index (χ3v) is 5.27. The van der Waals surface area contributed by atoms with Crippen LogP contribution in [-0.2, 0) is 6.42 Å². The fourth-order valence-electron chi connectivity index (χ4n) is 2.15. The highest BCUT2D eigenvalue weighted by atomic mass is 32.2. The molecule has 1 unspecified atom stereocenters. The Kier molecular flexibility index (Phi) is 6.00. The number of benzene rings is 1. The fraction of sp³-hybridized carbons (Fsp3) is 0.333. The molecule has 2 heterocycles. The standard InChI is InChI=1S/C15H19N5OS2/c21-15(16-6-7-22-14-9-17-20-19-14)12-10-23-13(18-12)8-11-4-2-1-3-5-11/h1-5,10,14,17,19-20H,6-9H2,(H,16,21). The summed E-state index contributed by atoms with van der Waals surface area (Å²) in [6.07, 6.45) is 0.766. The summed E-state index contributed by atoms with van der Waals surface area (Å²) < 4.78 is 0. The van der Waals surface area contributed by atoms with E-state index in [0.29, 0.717) is 17.6 Å². The van der Waals surface area contributed by atoms with Gasteiger partial charge in [0.15, 0.2) is 0 Å². The number of nitrogens with one attached hydrogen (secondary N) is 4. The van der Waals surface area contributed by atoms with Gasteiger partial charge in [0.2, 0.25) is 0 Å². The van der Waals surface area contributed by atoms with Gasteiger partial charge in [-0.15, -0.1) is 23.1 Å². The average molecular weight is 349 g/mol. The van der Waals surface area contributed by atoms with Gasteiger partial charge in [0.05, 0.1) is 10.4 Å². The van der Waals surface area contributed by atoms with Crippen LogP contribution in [0.2, 0.25) is 0 Å². The van der Waals surface area contributed by atoms with Crippen molar-refractivity contribution in [1.82, 2.24) is 26.7 Å². The summed E-state index contributed by atoms with van der Waals surface area (Å²) in [6, 6.07) is 10.2. The second kappa shape index (κ2) is 8.42. The number of rotatable bonds is 7. The molecule has 1 aromatic carbocycles. The fourth-order valence-corrected chi connectivity index (χ4v) is 3.81. The Bertz CT molecular complexity index is 628. The van der Waals surface area contributed by atoms with E-state index >= 15 is 0 Å². The monoisotopic (exact) mass is 349 g/mol. The Morgan fingerprint density at radius 2 is 2.26 bits per heavy atom. The zero-order valence-corrected chi connectivity index (χ0v) is 14.2. The smallest absolute Gasteiger partial charge is 0.270 e. The Labute approximate surface area is 143 Å². The van der Waals surface area contributed by atoms with Crippen LogP contribution in [0.15, 0.2) is 35.7 Å². The maximum Gasteiger partial charge on any atom is 0.270 e. The number of hydrogen-bond donors (Lipinski definition) is 4. The number of hydrogen-bond acceptors (Lipinski definition) is 7. The molecule has 2 aromatic rings. The van der Waals surface area contributed by atoms with Crippen LogP contribution in [-0.4, -0.2) is 35.1 Å². The molecule has 1 atom stereocenters. The molecular formula is C15H19N5OS2. The molecule has 1 aliphatic rings. The number of amides is 1. The first-order valence-electron chi connectivity index (χ1n) is 7.43. The van der Waals surface area contributed by atoms with Crippen LogP contribution in [0.1, 0.15) is 21.1 Å². The first-order chi connectivity index (χ1) is 11.3. The maximum absolute atomic E-state index is 12.1. The minimum absolute atomic E-state index is 0.100. The highest BCUT2D eigenvalue weighted by Gasteiger charge is 2.14. The van der Waals surface area contributed by atoms with Gasteiger partial charge >= 0.3 is 0 Å². The van der Waals surface area contributed by atoms with Gasteiger partial charge in [0, 0.05) is 30.6 Å². The number of thiazole rings is 1. The minimum atomic E-state index is -0.100. The zero-order chi connectivity index (χ0) is 15.9. The summed E-state index contributed by atoms with van der Waals surface area (Å²) in [6.45, 7) is 1.50. The van der Waals surface area contributed by atoms with Crippen molar-refractivity contribution in [2.75, 3.05) is 18.8 Å². The molecule has 1 aliphatic heterocycles. The molecule has 0 spiro atoms. The van der Waals surface area contributed by atoms with Gasteiger partial charge in [0.1, 0.15) is 5.69 Å². The molecule has 1 saturated heterocycles. The van der Waals surface area contributed by atoms with Gasteiger partial charge in [-0.1, -0.05) is 30.3 Å². The second-order valence-electron chi connectivity index (χ2n) is 5.05. The predicted octanol–water partition coefficient (Wildman–Crippen LogP) is 1.14. The third-order valence-electron chi connectivity index (χ3n) is 3.30. The summed E-state index contributed by atoms with van der Waals surface area (Å²) >= 11 is 3.29. The van der Waals surface area contributed by atoms with E-state index in [4.69, 9.17) is 0 Å². The van der Waals surface area contributed by atoms with Crippen LogP contribution in [0.4, 0.5) is 0 Å². The maximum atomic E-state index is 12.1. The van der Waals surface area contributed by atoms with Crippen molar-refractivity contribution < 1.29 is 4.79 Å². The first kappa shape index (κ1) is 16.4. The molecule has 6 nitrogen and oxygen atoms in total. The SMILES string of the molecule is O=C(NCCSC1CNNN1)c1csc(Cc2ccccc2)n1. The molecule has 8 heteroatoms. The van der Waals surface area contributed by atoms with Crippen molar-refractivity contribution in [3.63, 3.8) is 0 Å². The summed E-state index contributed by atoms with van der Waals surface area (Å²) in [5.74, 6) is 0.755. The van der Waals surface area contributed by atoms with Gasteiger partial charge in [-0.2, -0.15) is 5.53 Å². The quantitative estimate of drug-likeness (QED) is 0.562. The Morgan fingerprint density at radius 1 is 1.39 bits per heavy atom. The van der Waals surface area contributed by atoms with Gasteiger partial charge in [-0.3, -0.25) is 4.79 Å². The van der Waals surface area contributed by atoms with E-state index in [0.717, 1.165) is 23.7 Å². The Hall–Kier alpha value is -1.45. The summed E-state index contributed by atoms with van der Waals surface area (Å²) in [5, 5.41) is 6.04.